The van der Waals surface area contributed by atoms with Gasteiger partial charge < -0.3 is 9.64 Å². The molecule has 0 spiro atoms. The summed E-state index contributed by atoms with van der Waals surface area (Å²) in [5.74, 6) is -1.73. The van der Waals surface area contributed by atoms with Gasteiger partial charge in [0.15, 0.2) is 17.3 Å². The molecule has 1 aliphatic heterocycles. The number of fused-ring (bicyclic) bond motifs is 3. The Kier molecular flexibility index (Phi) is 4.94. The highest BCUT2D eigenvalue weighted by Crippen LogP contribution is 2.44. The molecule has 1 saturated heterocycles. The van der Waals surface area contributed by atoms with Gasteiger partial charge in [-0.05, 0) is 44.7 Å². The first-order chi connectivity index (χ1) is 16.9. The van der Waals surface area contributed by atoms with Gasteiger partial charge in [-0.1, -0.05) is 0 Å². The first-order valence-corrected chi connectivity index (χ1v) is 11.3. The lowest BCUT2D eigenvalue weighted by molar-refractivity contribution is 0.0309. The minimum atomic E-state index is -0.998. The summed E-state index contributed by atoms with van der Waals surface area (Å²) in [6, 6.07) is 5.42. The van der Waals surface area contributed by atoms with Crippen LogP contribution < -0.4 is 4.74 Å². The number of aromatic nitrogens is 6. The molecule has 35 heavy (non-hydrogen) atoms. The van der Waals surface area contributed by atoms with Gasteiger partial charge in [0, 0.05) is 23.9 Å². The molecule has 2 bridgehead atoms. The van der Waals surface area contributed by atoms with E-state index in [9.17, 15) is 13.6 Å². The molecule has 4 aromatic rings. The van der Waals surface area contributed by atoms with E-state index in [2.05, 4.69) is 25.1 Å². The molecule has 2 fully saturated rings. The minimum Gasteiger partial charge on any atom is -0.471 e. The Morgan fingerprint density at radius 3 is 2.54 bits per heavy atom. The Bertz CT molecular complexity index is 1450. The Morgan fingerprint density at radius 2 is 1.80 bits per heavy atom. The van der Waals surface area contributed by atoms with Crippen molar-refractivity contribution in [2.75, 3.05) is 0 Å². The number of halogens is 2. The summed E-state index contributed by atoms with van der Waals surface area (Å²) in [6.07, 6.45) is 5.71. The SMILES string of the molecule is Cc1ccc(-n2nccn2)c(C(=O)N2C3C[C@H](CC3Oc3cnc4cc(F)c(F)cc4n3)C2C)n1. The molecular weight excluding hydrogens is 456 g/mol. The van der Waals surface area contributed by atoms with Crippen LogP contribution in [0.3, 0.4) is 0 Å². The molecule has 1 aromatic carbocycles. The lowest BCUT2D eigenvalue weighted by Gasteiger charge is -2.37. The Morgan fingerprint density at radius 1 is 1.06 bits per heavy atom. The van der Waals surface area contributed by atoms with Gasteiger partial charge in [-0.25, -0.2) is 23.7 Å². The second kappa shape index (κ2) is 8.03. The van der Waals surface area contributed by atoms with Gasteiger partial charge in [-0.3, -0.25) is 4.79 Å². The molecule has 178 valence electrons. The van der Waals surface area contributed by atoms with Crippen LogP contribution in [-0.4, -0.2) is 58.9 Å². The molecule has 3 unspecified atom stereocenters. The number of rotatable bonds is 4. The van der Waals surface area contributed by atoms with Crippen LogP contribution in [-0.2, 0) is 0 Å². The van der Waals surface area contributed by atoms with E-state index in [1.165, 1.54) is 11.0 Å². The number of carbonyl (C=O) groups excluding carboxylic acids is 1. The lowest BCUT2D eigenvalue weighted by Crippen LogP contribution is -2.51. The molecule has 1 aliphatic carbocycles. The number of hydrogen-bond donors (Lipinski definition) is 0. The molecule has 2 aliphatic rings. The van der Waals surface area contributed by atoms with Crippen molar-refractivity contribution in [3.05, 3.63) is 65.9 Å². The number of amides is 1. The van der Waals surface area contributed by atoms with E-state index in [-0.39, 0.29) is 52.6 Å². The second-order valence-electron chi connectivity index (χ2n) is 9.01. The van der Waals surface area contributed by atoms with Crippen LogP contribution >= 0.6 is 0 Å². The van der Waals surface area contributed by atoms with Crippen molar-refractivity contribution < 1.29 is 18.3 Å². The van der Waals surface area contributed by atoms with Crippen LogP contribution in [0.25, 0.3) is 16.7 Å². The van der Waals surface area contributed by atoms with Crippen molar-refractivity contribution >= 4 is 16.9 Å². The highest BCUT2D eigenvalue weighted by molar-refractivity contribution is 5.96. The normalized spacial score (nSPS) is 23.3. The molecule has 0 radical (unpaired) electrons. The average Bonchev–Trinajstić information content (AvgIpc) is 3.57. The van der Waals surface area contributed by atoms with Crippen molar-refractivity contribution in [2.24, 2.45) is 5.92 Å². The van der Waals surface area contributed by atoms with Crippen molar-refractivity contribution in [3.63, 3.8) is 0 Å². The highest BCUT2D eigenvalue weighted by atomic mass is 19.2. The van der Waals surface area contributed by atoms with E-state index < -0.39 is 11.6 Å². The zero-order chi connectivity index (χ0) is 24.3. The maximum absolute atomic E-state index is 13.8. The van der Waals surface area contributed by atoms with E-state index in [0.29, 0.717) is 11.4 Å². The van der Waals surface area contributed by atoms with Crippen LogP contribution in [0.2, 0.25) is 0 Å². The molecule has 1 amide bonds. The van der Waals surface area contributed by atoms with E-state index in [1.54, 1.807) is 18.5 Å². The van der Waals surface area contributed by atoms with E-state index in [1.807, 2.05) is 24.8 Å². The van der Waals surface area contributed by atoms with Crippen molar-refractivity contribution in [3.8, 4) is 11.6 Å². The Balaban J connectivity index is 1.29. The standard InChI is InChI=1S/C24H21F2N7O2/c1-12-3-4-19(33-28-5-6-29-33)23(30-12)24(34)32-13(2)14-7-20(32)21(8-14)35-22-11-27-17-9-15(25)16(26)10-18(17)31-22/h3-6,9-11,13-14,20-21H,7-8H2,1-2H3/t13?,14-,20?,21?/m1/s1. The van der Waals surface area contributed by atoms with Gasteiger partial charge in [-0.15, -0.1) is 4.80 Å². The fourth-order valence-corrected chi connectivity index (χ4v) is 5.23. The minimum absolute atomic E-state index is 0.00727. The van der Waals surface area contributed by atoms with Crippen LogP contribution in [0.5, 0.6) is 5.88 Å². The van der Waals surface area contributed by atoms with E-state index >= 15 is 0 Å². The predicted molar refractivity (Wildman–Crippen MR) is 120 cm³/mol. The fraction of sp³-hybridized carbons (Fsp3) is 0.333. The van der Waals surface area contributed by atoms with Crippen molar-refractivity contribution in [2.45, 2.75) is 44.9 Å². The molecule has 3 aromatic heterocycles. The average molecular weight is 477 g/mol. The summed E-state index contributed by atoms with van der Waals surface area (Å²) < 4.78 is 33.3. The molecule has 4 atom stereocenters. The number of ether oxygens (including phenoxy) is 1. The van der Waals surface area contributed by atoms with Crippen LogP contribution in [0.1, 0.15) is 35.9 Å². The zero-order valence-corrected chi connectivity index (χ0v) is 19.0. The summed E-state index contributed by atoms with van der Waals surface area (Å²) in [5.41, 5.74) is 1.94. The Hall–Kier alpha value is -4.02. The van der Waals surface area contributed by atoms with Gasteiger partial charge in [0.1, 0.15) is 11.8 Å². The first kappa shape index (κ1) is 21.5. The van der Waals surface area contributed by atoms with Crippen molar-refractivity contribution in [1.82, 2.24) is 34.8 Å². The summed E-state index contributed by atoms with van der Waals surface area (Å²) >= 11 is 0. The third-order valence-corrected chi connectivity index (χ3v) is 6.91. The number of hydrogen-bond acceptors (Lipinski definition) is 7. The van der Waals surface area contributed by atoms with Gasteiger partial charge in [-0.2, -0.15) is 10.2 Å². The summed E-state index contributed by atoms with van der Waals surface area (Å²) in [7, 11) is 0. The number of nitrogens with zero attached hydrogens (tertiary/aromatic N) is 7. The summed E-state index contributed by atoms with van der Waals surface area (Å²) in [5, 5.41) is 8.33. The predicted octanol–water partition coefficient (Wildman–Crippen LogP) is 3.26. The van der Waals surface area contributed by atoms with Crippen LogP contribution in [0.15, 0.2) is 42.9 Å². The second-order valence-corrected chi connectivity index (χ2v) is 9.01. The van der Waals surface area contributed by atoms with Crippen LogP contribution in [0.4, 0.5) is 8.78 Å². The third kappa shape index (κ3) is 3.58. The fourth-order valence-electron chi connectivity index (χ4n) is 5.23. The maximum atomic E-state index is 13.8. The molecule has 11 heteroatoms. The zero-order valence-electron chi connectivity index (χ0n) is 19.0. The van der Waals surface area contributed by atoms with Gasteiger partial charge >= 0.3 is 0 Å². The number of aryl methyl sites for hydroxylation is 1. The largest absolute Gasteiger partial charge is 0.471 e. The Labute approximate surface area is 198 Å². The van der Waals surface area contributed by atoms with Gasteiger partial charge in [0.2, 0.25) is 5.88 Å². The smallest absolute Gasteiger partial charge is 0.275 e. The first-order valence-electron chi connectivity index (χ1n) is 11.3. The van der Waals surface area contributed by atoms with Crippen molar-refractivity contribution in [1.29, 1.82) is 0 Å². The van der Waals surface area contributed by atoms with Gasteiger partial charge in [0.05, 0.1) is 35.7 Å². The molecular formula is C24H21F2N7O2. The number of pyridine rings is 1. The lowest BCUT2D eigenvalue weighted by atomic mass is 9.98. The molecule has 9 nitrogen and oxygen atoms in total. The topological polar surface area (TPSA) is 98.9 Å². The molecule has 0 N–H and O–H groups in total. The number of carbonyl (C=O) groups is 1. The van der Waals surface area contributed by atoms with Gasteiger partial charge in [0.25, 0.3) is 5.91 Å². The quantitative estimate of drug-likeness (QED) is 0.445. The molecule has 4 heterocycles. The van der Waals surface area contributed by atoms with Crippen LogP contribution in [0, 0.1) is 24.5 Å². The monoisotopic (exact) mass is 477 g/mol. The highest BCUT2D eigenvalue weighted by Gasteiger charge is 2.53. The number of likely N-dealkylation sites (tertiary alicyclic amines) is 1. The third-order valence-electron chi connectivity index (χ3n) is 6.91. The summed E-state index contributed by atoms with van der Waals surface area (Å²) in [4.78, 5) is 30.0. The van der Waals surface area contributed by atoms with E-state index in [4.69, 9.17) is 4.74 Å². The summed E-state index contributed by atoms with van der Waals surface area (Å²) in [6.45, 7) is 3.86. The number of piperidine rings is 1. The number of benzene rings is 1. The van der Waals surface area contributed by atoms with E-state index in [0.717, 1.165) is 25.0 Å². The molecule has 6 rings (SSSR count). The molecule has 1 saturated carbocycles. The maximum Gasteiger partial charge on any atom is 0.275 e.